The number of hydrogen-bond donors (Lipinski definition) is 2. The van der Waals surface area contributed by atoms with Crippen LogP contribution in [0.15, 0.2) is 0 Å². The Morgan fingerprint density at radius 1 is 1.47 bits per heavy atom. The van der Waals surface area contributed by atoms with E-state index >= 15 is 0 Å². The minimum atomic E-state index is 0.0346. The SMILES string of the molecule is CCCCCC(C)NC(=O)C1CC(C)CCN1. The van der Waals surface area contributed by atoms with Crippen LogP contribution < -0.4 is 10.6 Å². The van der Waals surface area contributed by atoms with E-state index in [0.29, 0.717) is 12.0 Å². The highest BCUT2D eigenvalue weighted by atomic mass is 16.2. The molecule has 1 aliphatic heterocycles. The molecule has 100 valence electrons. The molecule has 1 rings (SSSR count). The molecule has 3 heteroatoms. The van der Waals surface area contributed by atoms with Crippen LogP contribution >= 0.6 is 0 Å². The lowest BCUT2D eigenvalue weighted by molar-refractivity contribution is -0.124. The maximum Gasteiger partial charge on any atom is 0.237 e. The van der Waals surface area contributed by atoms with Crippen molar-refractivity contribution in [3.63, 3.8) is 0 Å². The van der Waals surface area contributed by atoms with Crippen LogP contribution in [0, 0.1) is 5.92 Å². The molecule has 0 saturated carbocycles. The highest BCUT2D eigenvalue weighted by Crippen LogP contribution is 2.15. The second-order valence-electron chi connectivity index (χ2n) is 5.54. The topological polar surface area (TPSA) is 41.1 Å². The number of amides is 1. The Morgan fingerprint density at radius 2 is 2.24 bits per heavy atom. The second kappa shape index (κ2) is 7.70. The van der Waals surface area contributed by atoms with Crippen molar-refractivity contribution in [3.8, 4) is 0 Å². The summed E-state index contributed by atoms with van der Waals surface area (Å²) in [5.74, 6) is 0.864. The predicted octanol–water partition coefficient (Wildman–Crippen LogP) is 2.46. The molecule has 3 unspecified atom stereocenters. The summed E-state index contributed by atoms with van der Waals surface area (Å²) in [7, 11) is 0. The third kappa shape index (κ3) is 5.53. The minimum Gasteiger partial charge on any atom is -0.352 e. The number of rotatable bonds is 6. The van der Waals surface area contributed by atoms with Gasteiger partial charge in [0.25, 0.3) is 0 Å². The predicted molar refractivity (Wildman–Crippen MR) is 71.9 cm³/mol. The molecule has 0 bridgehead atoms. The van der Waals surface area contributed by atoms with E-state index in [9.17, 15) is 4.79 Å². The molecule has 17 heavy (non-hydrogen) atoms. The van der Waals surface area contributed by atoms with Crippen LogP contribution in [0.1, 0.15) is 59.3 Å². The van der Waals surface area contributed by atoms with Crippen LogP contribution in [0.3, 0.4) is 0 Å². The van der Waals surface area contributed by atoms with Crippen LogP contribution in [0.25, 0.3) is 0 Å². The van der Waals surface area contributed by atoms with E-state index in [-0.39, 0.29) is 11.9 Å². The fourth-order valence-corrected chi connectivity index (χ4v) is 2.42. The largest absolute Gasteiger partial charge is 0.352 e. The van der Waals surface area contributed by atoms with Gasteiger partial charge in [0.2, 0.25) is 5.91 Å². The van der Waals surface area contributed by atoms with Crippen LogP contribution in [0.4, 0.5) is 0 Å². The van der Waals surface area contributed by atoms with Crippen molar-refractivity contribution >= 4 is 5.91 Å². The van der Waals surface area contributed by atoms with Crippen molar-refractivity contribution in [2.45, 2.75) is 71.4 Å². The minimum absolute atomic E-state index is 0.0346. The van der Waals surface area contributed by atoms with Gasteiger partial charge in [-0.25, -0.2) is 0 Å². The lowest BCUT2D eigenvalue weighted by atomic mass is 9.93. The average molecular weight is 240 g/mol. The Labute approximate surface area is 106 Å². The van der Waals surface area contributed by atoms with E-state index in [1.165, 1.54) is 25.7 Å². The summed E-state index contributed by atoms with van der Waals surface area (Å²) in [4.78, 5) is 12.0. The molecule has 0 radical (unpaired) electrons. The number of nitrogens with one attached hydrogen (secondary N) is 2. The van der Waals surface area contributed by atoms with Gasteiger partial charge in [-0.1, -0.05) is 33.1 Å². The highest BCUT2D eigenvalue weighted by molar-refractivity contribution is 5.82. The quantitative estimate of drug-likeness (QED) is 0.700. The number of carbonyl (C=O) groups is 1. The van der Waals surface area contributed by atoms with Crippen molar-refractivity contribution in [2.75, 3.05) is 6.54 Å². The maximum absolute atomic E-state index is 12.0. The number of hydrogen-bond acceptors (Lipinski definition) is 2. The molecule has 1 fully saturated rings. The summed E-state index contributed by atoms with van der Waals surface area (Å²) in [6.07, 6.45) is 6.99. The van der Waals surface area contributed by atoms with Crippen molar-refractivity contribution < 1.29 is 4.79 Å². The molecule has 2 N–H and O–H groups in total. The van der Waals surface area contributed by atoms with E-state index in [4.69, 9.17) is 0 Å². The van der Waals surface area contributed by atoms with Gasteiger partial charge in [-0.15, -0.1) is 0 Å². The smallest absolute Gasteiger partial charge is 0.237 e. The van der Waals surface area contributed by atoms with Gasteiger partial charge in [0, 0.05) is 6.04 Å². The summed E-state index contributed by atoms with van der Waals surface area (Å²) >= 11 is 0. The standard InChI is InChI=1S/C14H28N2O/c1-4-5-6-7-12(3)16-14(17)13-10-11(2)8-9-15-13/h11-13,15H,4-10H2,1-3H3,(H,16,17). The van der Waals surface area contributed by atoms with Gasteiger partial charge in [-0.05, 0) is 38.6 Å². The van der Waals surface area contributed by atoms with Crippen LogP contribution in [-0.4, -0.2) is 24.5 Å². The molecule has 0 aromatic carbocycles. The molecule has 0 aliphatic carbocycles. The van der Waals surface area contributed by atoms with Crippen LogP contribution in [0.5, 0.6) is 0 Å². The zero-order valence-electron chi connectivity index (χ0n) is 11.6. The summed E-state index contributed by atoms with van der Waals surface area (Å²) in [6, 6.07) is 0.348. The van der Waals surface area contributed by atoms with Gasteiger partial charge in [0.05, 0.1) is 6.04 Å². The fraction of sp³-hybridized carbons (Fsp3) is 0.929. The molecule has 1 heterocycles. The van der Waals surface area contributed by atoms with Gasteiger partial charge in [0.1, 0.15) is 0 Å². The second-order valence-corrected chi connectivity index (χ2v) is 5.54. The molecule has 0 aromatic heterocycles. The highest BCUT2D eigenvalue weighted by Gasteiger charge is 2.24. The summed E-state index contributed by atoms with van der Waals surface area (Å²) in [5, 5.41) is 6.44. The molecule has 3 atom stereocenters. The monoisotopic (exact) mass is 240 g/mol. The Balaban J connectivity index is 2.22. The van der Waals surface area contributed by atoms with E-state index < -0.39 is 0 Å². The number of carbonyl (C=O) groups excluding carboxylic acids is 1. The summed E-state index contributed by atoms with van der Waals surface area (Å²) in [6.45, 7) is 7.52. The Morgan fingerprint density at radius 3 is 2.88 bits per heavy atom. The summed E-state index contributed by atoms with van der Waals surface area (Å²) < 4.78 is 0. The Hall–Kier alpha value is -0.570. The zero-order valence-corrected chi connectivity index (χ0v) is 11.6. The molecular formula is C14H28N2O. The molecule has 0 spiro atoms. The normalized spacial score (nSPS) is 26.5. The van der Waals surface area contributed by atoms with E-state index in [2.05, 4.69) is 31.4 Å². The van der Waals surface area contributed by atoms with E-state index in [1.54, 1.807) is 0 Å². The maximum atomic E-state index is 12.0. The molecule has 1 amide bonds. The van der Waals surface area contributed by atoms with Gasteiger partial charge in [-0.2, -0.15) is 0 Å². The molecular weight excluding hydrogens is 212 g/mol. The molecule has 1 saturated heterocycles. The first-order valence-corrected chi connectivity index (χ1v) is 7.17. The molecule has 3 nitrogen and oxygen atoms in total. The van der Waals surface area contributed by atoms with Crippen molar-refractivity contribution in [3.05, 3.63) is 0 Å². The Bertz CT molecular complexity index is 230. The first-order chi connectivity index (χ1) is 8.13. The zero-order chi connectivity index (χ0) is 12.7. The lowest BCUT2D eigenvalue weighted by Crippen LogP contribution is -2.50. The lowest BCUT2D eigenvalue weighted by Gasteiger charge is -2.28. The van der Waals surface area contributed by atoms with Crippen LogP contribution in [-0.2, 0) is 4.79 Å². The first kappa shape index (κ1) is 14.5. The van der Waals surface area contributed by atoms with Crippen molar-refractivity contribution in [2.24, 2.45) is 5.92 Å². The molecule has 0 aromatic rings. The van der Waals surface area contributed by atoms with Gasteiger partial charge >= 0.3 is 0 Å². The van der Waals surface area contributed by atoms with Crippen molar-refractivity contribution in [1.29, 1.82) is 0 Å². The van der Waals surface area contributed by atoms with E-state index in [0.717, 1.165) is 19.4 Å². The van der Waals surface area contributed by atoms with Gasteiger partial charge in [-0.3, -0.25) is 4.79 Å². The van der Waals surface area contributed by atoms with Crippen molar-refractivity contribution in [1.82, 2.24) is 10.6 Å². The third-order valence-corrected chi connectivity index (χ3v) is 3.61. The third-order valence-electron chi connectivity index (χ3n) is 3.61. The number of unbranched alkanes of at least 4 members (excludes halogenated alkanes) is 2. The summed E-state index contributed by atoms with van der Waals surface area (Å²) in [5.41, 5.74) is 0. The fourth-order valence-electron chi connectivity index (χ4n) is 2.42. The number of piperidine rings is 1. The van der Waals surface area contributed by atoms with Crippen LogP contribution in [0.2, 0.25) is 0 Å². The first-order valence-electron chi connectivity index (χ1n) is 7.17. The van der Waals surface area contributed by atoms with E-state index in [1.807, 2.05) is 0 Å². The average Bonchev–Trinajstić information content (AvgIpc) is 2.29. The Kier molecular flexibility index (Phi) is 6.56. The van der Waals surface area contributed by atoms with Gasteiger partial charge < -0.3 is 10.6 Å². The molecule has 1 aliphatic rings. The van der Waals surface area contributed by atoms with Gasteiger partial charge in [0.15, 0.2) is 0 Å².